The van der Waals surface area contributed by atoms with Gasteiger partial charge in [0, 0.05) is 17.8 Å². The molecule has 1 heterocycles. The first-order chi connectivity index (χ1) is 9.56. The smallest absolute Gasteiger partial charge is 0.255 e. The van der Waals surface area contributed by atoms with Gasteiger partial charge in [0.1, 0.15) is 0 Å². The molecule has 0 radical (unpaired) electrons. The van der Waals surface area contributed by atoms with Crippen LogP contribution in [-0.2, 0) is 6.54 Å². The molecule has 1 rings (SSSR count). The van der Waals surface area contributed by atoms with Gasteiger partial charge in [0.2, 0.25) is 0 Å². The maximum Gasteiger partial charge on any atom is 0.255 e. The van der Waals surface area contributed by atoms with Crippen molar-refractivity contribution in [3.63, 3.8) is 0 Å². The third kappa shape index (κ3) is 5.50. The van der Waals surface area contributed by atoms with E-state index >= 15 is 0 Å². The van der Waals surface area contributed by atoms with Gasteiger partial charge in [0.25, 0.3) is 5.91 Å². The predicted molar refractivity (Wildman–Crippen MR) is 86.3 cm³/mol. The lowest BCUT2D eigenvalue weighted by molar-refractivity contribution is 0.0890. The summed E-state index contributed by atoms with van der Waals surface area (Å²) in [6.45, 7) is 14.0. The molecule has 3 N–H and O–H groups in total. The molecule has 1 amide bonds. The number of carbonyl (C=O) groups is 1. The molecular formula is C16H30N4O. The fraction of sp³-hybridized carbons (Fsp3) is 0.750. The molecule has 0 spiro atoms. The van der Waals surface area contributed by atoms with Crippen LogP contribution in [0.1, 0.15) is 63.5 Å². The van der Waals surface area contributed by atoms with E-state index < -0.39 is 0 Å². The first-order valence-corrected chi connectivity index (χ1v) is 7.61. The normalized spacial score (nSPS) is 12.5. The Morgan fingerprint density at radius 1 is 1.33 bits per heavy atom. The van der Waals surface area contributed by atoms with Crippen molar-refractivity contribution in [3.8, 4) is 0 Å². The highest BCUT2D eigenvalue weighted by Gasteiger charge is 2.28. The Hall–Kier alpha value is -1.36. The van der Waals surface area contributed by atoms with Gasteiger partial charge in [-0.25, -0.2) is 0 Å². The number of hydrogen-bond acceptors (Lipinski definition) is 3. The first-order valence-electron chi connectivity index (χ1n) is 7.61. The van der Waals surface area contributed by atoms with Gasteiger partial charge in [0.15, 0.2) is 0 Å². The summed E-state index contributed by atoms with van der Waals surface area (Å²) in [7, 11) is 0. The fourth-order valence-electron chi connectivity index (χ4n) is 2.88. The number of hydrogen-bond donors (Lipinski definition) is 2. The van der Waals surface area contributed by atoms with E-state index in [0.717, 1.165) is 25.1 Å². The largest absolute Gasteiger partial charge is 0.347 e. The van der Waals surface area contributed by atoms with Crippen LogP contribution in [0.5, 0.6) is 0 Å². The molecule has 0 aliphatic rings. The van der Waals surface area contributed by atoms with Crippen LogP contribution < -0.4 is 11.1 Å². The first kappa shape index (κ1) is 17.7. The molecule has 0 bridgehead atoms. The summed E-state index contributed by atoms with van der Waals surface area (Å²) in [5, 5.41) is 7.40. The Bertz CT molecular complexity index is 483. The molecule has 0 atom stereocenters. The number of nitrogens with two attached hydrogens (primary N) is 1. The molecule has 0 saturated carbocycles. The van der Waals surface area contributed by atoms with Crippen LogP contribution in [0.25, 0.3) is 0 Å². The van der Waals surface area contributed by atoms with Gasteiger partial charge in [-0.05, 0) is 45.6 Å². The van der Waals surface area contributed by atoms with Crippen molar-refractivity contribution in [2.45, 2.75) is 66.5 Å². The second-order valence-corrected chi connectivity index (χ2v) is 7.58. The minimum Gasteiger partial charge on any atom is -0.347 e. The fourth-order valence-corrected chi connectivity index (χ4v) is 2.88. The van der Waals surface area contributed by atoms with E-state index in [1.165, 1.54) is 0 Å². The highest BCUT2D eigenvalue weighted by atomic mass is 16.1. The molecule has 120 valence electrons. The van der Waals surface area contributed by atoms with Crippen molar-refractivity contribution in [1.29, 1.82) is 0 Å². The Labute approximate surface area is 128 Å². The molecule has 0 aliphatic carbocycles. The zero-order chi connectivity index (χ0) is 16.3. The number of amides is 1. The van der Waals surface area contributed by atoms with Crippen molar-refractivity contribution in [3.05, 3.63) is 17.5 Å². The SMILES string of the molecule is Cc1c(C(=O)NC(C)(C)CC(C)(C)C)cnn1CCCN. The summed E-state index contributed by atoms with van der Waals surface area (Å²) in [5.74, 6) is -0.0549. The minimum atomic E-state index is -0.249. The molecule has 1 aromatic rings. The van der Waals surface area contributed by atoms with Crippen LogP contribution in [-0.4, -0.2) is 27.8 Å². The van der Waals surface area contributed by atoms with Gasteiger partial charge in [-0.15, -0.1) is 0 Å². The summed E-state index contributed by atoms with van der Waals surface area (Å²) >= 11 is 0. The van der Waals surface area contributed by atoms with Gasteiger partial charge >= 0.3 is 0 Å². The van der Waals surface area contributed by atoms with Crippen molar-refractivity contribution < 1.29 is 4.79 Å². The number of aryl methyl sites for hydroxylation is 1. The van der Waals surface area contributed by atoms with E-state index in [0.29, 0.717) is 12.1 Å². The van der Waals surface area contributed by atoms with Crippen LogP contribution in [0.3, 0.4) is 0 Å². The lowest BCUT2D eigenvalue weighted by Gasteiger charge is -2.33. The topological polar surface area (TPSA) is 72.9 Å². The molecule has 0 aliphatic heterocycles. The van der Waals surface area contributed by atoms with Crippen molar-refractivity contribution in [2.75, 3.05) is 6.54 Å². The van der Waals surface area contributed by atoms with E-state index in [1.54, 1.807) is 6.20 Å². The van der Waals surface area contributed by atoms with Crippen LogP contribution in [0, 0.1) is 12.3 Å². The maximum atomic E-state index is 12.5. The highest BCUT2D eigenvalue weighted by molar-refractivity contribution is 5.95. The number of aromatic nitrogens is 2. The van der Waals surface area contributed by atoms with Crippen LogP contribution >= 0.6 is 0 Å². The lowest BCUT2D eigenvalue weighted by Crippen LogP contribution is -2.45. The molecule has 0 unspecified atom stereocenters. The standard InChI is InChI=1S/C16H30N4O/c1-12-13(10-18-20(12)9-7-8-17)14(21)19-16(5,6)11-15(2,3)4/h10H,7-9,11,17H2,1-6H3,(H,19,21). The van der Waals surface area contributed by atoms with Crippen molar-refractivity contribution in [1.82, 2.24) is 15.1 Å². The molecule has 0 aromatic carbocycles. The molecule has 5 heteroatoms. The summed E-state index contributed by atoms with van der Waals surface area (Å²) < 4.78 is 1.85. The van der Waals surface area contributed by atoms with Crippen molar-refractivity contribution in [2.24, 2.45) is 11.1 Å². The monoisotopic (exact) mass is 294 g/mol. The zero-order valence-electron chi connectivity index (χ0n) is 14.3. The number of rotatable bonds is 6. The minimum absolute atomic E-state index is 0.0549. The summed E-state index contributed by atoms with van der Waals surface area (Å²) in [4.78, 5) is 12.5. The molecule has 1 aromatic heterocycles. The second-order valence-electron chi connectivity index (χ2n) is 7.58. The molecule has 0 saturated heterocycles. The second kappa shape index (κ2) is 6.60. The lowest BCUT2D eigenvalue weighted by atomic mass is 9.81. The van der Waals surface area contributed by atoms with Crippen LogP contribution in [0.4, 0.5) is 0 Å². The highest BCUT2D eigenvalue weighted by Crippen LogP contribution is 2.27. The van der Waals surface area contributed by atoms with Gasteiger partial charge in [0.05, 0.1) is 11.8 Å². The van der Waals surface area contributed by atoms with Gasteiger partial charge in [-0.2, -0.15) is 5.10 Å². The van der Waals surface area contributed by atoms with Crippen molar-refractivity contribution >= 4 is 5.91 Å². The van der Waals surface area contributed by atoms with E-state index in [1.807, 2.05) is 11.6 Å². The zero-order valence-corrected chi connectivity index (χ0v) is 14.3. The summed E-state index contributed by atoms with van der Waals surface area (Å²) in [5.41, 5.74) is 6.97. The third-order valence-electron chi connectivity index (χ3n) is 3.35. The number of carbonyl (C=O) groups excluding carboxylic acids is 1. The quantitative estimate of drug-likeness (QED) is 0.846. The van der Waals surface area contributed by atoms with Gasteiger partial charge < -0.3 is 11.1 Å². The predicted octanol–water partition coefficient (Wildman–Crippen LogP) is 2.48. The summed E-state index contributed by atoms with van der Waals surface area (Å²) in [6.07, 6.45) is 3.42. The van der Waals surface area contributed by atoms with E-state index in [-0.39, 0.29) is 16.9 Å². The third-order valence-corrected chi connectivity index (χ3v) is 3.35. The van der Waals surface area contributed by atoms with Crippen LogP contribution in [0.15, 0.2) is 6.20 Å². The number of nitrogens with zero attached hydrogens (tertiary/aromatic N) is 2. The molecular weight excluding hydrogens is 264 g/mol. The van der Waals surface area contributed by atoms with E-state index in [4.69, 9.17) is 5.73 Å². The van der Waals surface area contributed by atoms with Gasteiger partial charge in [-0.1, -0.05) is 20.8 Å². The summed E-state index contributed by atoms with van der Waals surface area (Å²) in [6, 6.07) is 0. The van der Waals surface area contributed by atoms with E-state index in [2.05, 4.69) is 45.0 Å². The van der Waals surface area contributed by atoms with Crippen LogP contribution in [0.2, 0.25) is 0 Å². The average molecular weight is 294 g/mol. The molecule has 21 heavy (non-hydrogen) atoms. The average Bonchev–Trinajstić information content (AvgIpc) is 2.64. The Morgan fingerprint density at radius 3 is 2.48 bits per heavy atom. The maximum absolute atomic E-state index is 12.5. The molecule has 0 fully saturated rings. The Morgan fingerprint density at radius 2 is 1.95 bits per heavy atom. The van der Waals surface area contributed by atoms with E-state index in [9.17, 15) is 4.79 Å². The Balaban J connectivity index is 2.78. The van der Waals surface area contributed by atoms with Gasteiger partial charge in [-0.3, -0.25) is 9.48 Å². The Kier molecular flexibility index (Phi) is 5.56. The number of nitrogens with one attached hydrogen (secondary N) is 1. The molecule has 5 nitrogen and oxygen atoms in total.